The highest BCUT2D eigenvalue weighted by Crippen LogP contribution is 2.23. The molecule has 98 valence electrons. The Balaban J connectivity index is 2.35. The van der Waals surface area contributed by atoms with E-state index in [2.05, 4.69) is 0 Å². The van der Waals surface area contributed by atoms with E-state index in [1.54, 1.807) is 31.4 Å². The molecule has 0 aromatic heterocycles. The van der Waals surface area contributed by atoms with E-state index in [4.69, 9.17) is 9.47 Å². The van der Waals surface area contributed by atoms with E-state index in [1.807, 2.05) is 31.2 Å². The molecular weight excluding hydrogens is 240 g/mol. The highest BCUT2D eigenvalue weighted by molar-refractivity contribution is 6.10. The van der Waals surface area contributed by atoms with Gasteiger partial charge in [0.2, 0.25) is 0 Å². The molecule has 0 saturated heterocycles. The van der Waals surface area contributed by atoms with Crippen molar-refractivity contribution in [3.8, 4) is 11.5 Å². The Kier molecular flexibility index (Phi) is 4.18. The van der Waals surface area contributed by atoms with E-state index in [9.17, 15) is 4.79 Å². The van der Waals surface area contributed by atoms with Gasteiger partial charge in [-0.2, -0.15) is 0 Å². The average Bonchev–Trinajstić information content (AvgIpc) is 2.47. The Morgan fingerprint density at radius 1 is 1.11 bits per heavy atom. The quantitative estimate of drug-likeness (QED) is 0.770. The number of methoxy groups -OCH3 is 1. The van der Waals surface area contributed by atoms with Crippen LogP contribution in [0.1, 0.15) is 22.8 Å². The van der Waals surface area contributed by atoms with Crippen LogP contribution in [0.4, 0.5) is 0 Å². The lowest BCUT2D eigenvalue weighted by molar-refractivity contribution is 0.103. The maximum absolute atomic E-state index is 12.4. The first-order valence-corrected chi connectivity index (χ1v) is 6.17. The van der Waals surface area contributed by atoms with E-state index >= 15 is 0 Å². The number of ketones is 1. The van der Waals surface area contributed by atoms with Crippen LogP contribution in [0.15, 0.2) is 48.5 Å². The van der Waals surface area contributed by atoms with Gasteiger partial charge in [0.05, 0.1) is 19.3 Å². The Morgan fingerprint density at radius 2 is 1.89 bits per heavy atom. The topological polar surface area (TPSA) is 35.5 Å². The second kappa shape index (κ2) is 6.05. The summed E-state index contributed by atoms with van der Waals surface area (Å²) in [6, 6.07) is 14.4. The van der Waals surface area contributed by atoms with E-state index in [1.165, 1.54) is 0 Å². The van der Waals surface area contributed by atoms with Crippen LogP contribution in [0, 0.1) is 0 Å². The van der Waals surface area contributed by atoms with Crippen molar-refractivity contribution in [3.63, 3.8) is 0 Å². The molecule has 0 heterocycles. The van der Waals surface area contributed by atoms with Gasteiger partial charge in [0.1, 0.15) is 11.5 Å². The van der Waals surface area contributed by atoms with Crippen LogP contribution < -0.4 is 9.47 Å². The Hall–Kier alpha value is -2.29. The number of rotatable bonds is 5. The van der Waals surface area contributed by atoms with Gasteiger partial charge < -0.3 is 9.47 Å². The Morgan fingerprint density at radius 3 is 2.63 bits per heavy atom. The summed E-state index contributed by atoms with van der Waals surface area (Å²) in [6.07, 6.45) is 0. The molecule has 0 aliphatic rings. The molecule has 0 saturated carbocycles. The average molecular weight is 256 g/mol. The number of para-hydroxylation sites is 1. The molecule has 0 aliphatic carbocycles. The molecule has 19 heavy (non-hydrogen) atoms. The van der Waals surface area contributed by atoms with Crippen LogP contribution in [0.3, 0.4) is 0 Å². The van der Waals surface area contributed by atoms with Gasteiger partial charge in [-0.15, -0.1) is 0 Å². The summed E-state index contributed by atoms with van der Waals surface area (Å²) >= 11 is 0. The molecule has 0 N–H and O–H groups in total. The molecule has 2 aromatic carbocycles. The molecule has 3 heteroatoms. The maximum Gasteiger partial charge on any atom is 0.196 e. The molecule has 0 bridgehead atoms. The highest BCUT2D eigenvalue weighted by Gasteiger charge is 2.14. The standard InChI is InChI=1S/C16H16O3/c1-3-19-13-8-6-7-12(11-13)16(17)14-9-4-5-10-15(14)18-2/h4-11H,3H2,1-2H3. The molecule has 3 nitrogen and oxygen atoms in total. The van der Waals surface area contributed by atoms with Crippen molar-refractivity contribution in [1.29, 1.82) is 0 Å². The van der Waals surface area contributed by atoms with E-state index in [0.29, 0.717) is 29.2 Å². The molecule has 0 unspecified atom stereocenters. The lowest BCUT2D eigenvalue weighted by Gasteiger charge is -2.08. The first-order chi connectivity index (χ1) is 9.26. The summed E-state index contributed by atoms with van der Waals surface area (Å²) in [5.74, 6) is 1.21. The maximum atomic E-state index is 12.4. The van der Waals surface area contributed by atoms with Gasteiger partial charge in [0.25, 0.3) is 0 Å². The van der Waals surface area contributed by atoms with Crippen LogP contribution in [0.25, 0.3) is 0 Å². The number of carbonyl (C=O) groups is 1. The van der Waals surface area contributed by atoms with E-state index < -0.39 is 0 Å². The van der Waals surface area contributed by atoms with Crippen LogP contribution in [-0.4, -0.2) is 19.5 Å². The van der Waals surface area contributed by atoms with Crippen LogP contribution in [-0.2, 0) is 0 Å². The molecule has 2 aromatic rings. The minimum atomic E-state index is -0.0704. The summed E-state index contributed by atoms with van der Waals surface area (Å²) in [4.78, 5) is 12.4. The van der Waals surface area contributed by atoms with Gasteiger partial charge in [0, 0.05) is 5.56 Å². The number of benzene rings is 2. The third-order valence-electron chi connectivity index (χ3n) is 2.76. The van der Waals surface area contributed by atoms with E-state index in [0.717, 1.165) is 0 Å². The summed E-state index contributed by atoms with van der Waals surface area (Å²) in [5.41, 5.74) is 1.15. The summed E-state index contributed by atoms with van der Waals surface area (Å²) in [5, 5.41) is 0. The minimum absolute atomic E-state index is 0.0704. The predicted octanol–water partition coefficient (Wildman–Crippen LogP) is 3.32. The summed E-state index contributed by atoms with van der Waals surface area (Å²) < 4.78 is 10.6. The first kappa shape index (κ1) is 13.1. The number of hydrogen-bond donors (Lipinski definition) is 0. The van der Waals surface area contributed by atoms with Crippen molar-refractivity contribution in [2.75, 3.05) is 13.7 Å². The van der Waals surface area contributed by atoms with Crippen LogP contribution >= 0.6 is 0 Å². The number of ether oxygens (including phenoxy) is 2. The zero-order chi connectivity index (χ0) is 13.7. The van der Waals surface area contributed by atoms with Gasteiger partial charge in [0.15, 0.2) is 5.78 Å². The SMILES string of the molecule is CCOc1cccc(C(=O)c2ccccc2OC)c1. The van der Waals surface area contributed by atoms with Gasteiger partial charge >= 0.3 is 0 Å². The van der Waals surface area contributed by atoms with Gasteiger partial charge in [-0.05, 0) is 31.2 Å². The molecule has 0 radical (unpaired) electrons. The molecule has 0 aliphatic heterocycles. The lowest BCUT2D eigenvalue weighted by atomic mass is 10.0. The second-order valence-corrected chi connectivity index (χ2v) is 3.99. The van der Waals surface area contributed by atoms with Gasteiger partial charge in [-0.3, -0.25) is 4.79 Å². The molecule has 0 spiro atoms. The van der Waals surface area contributed by atoms with Crippen molar-refractivity contribution < 1.29 is 14.3 Å². The first-order valence-electron chi connectivity index (χ1n) is 6.17. The fraction of sp³-hybridized carbons (Fsp3) is 0.188. The third kappa shape index (κ3) is 2.94. The van der Waals surface area contributed by atoms with Crippen LogP contribution in [0.2, 0.25) is 0 Å². The highest BCUT2D eigenvalue weighted by atomic mass is 16.5. The fourth-order valence-electron chi connectivity index (χ4n) is 1.88. The molecule has 0 amide bonds. The number of carbonyl (C=O) groups excluding carboxylic acids is 1. The smallest absolute Gasteiger partial charge is 0.196 e. The number of hydrogen-bond acceptors (Lipinski definition) is 3. The summed E-state index contributed by atoms with van der Waals surface area (Å²) in [6.45, 7) is 2.49. The Bertz CT molecular complexity index is 576. The molecule has 0 fully saturated rings. The zero-order valence-corrected chi connectivity index (χ0v) is 11.1. The monoisotopic (exact) mass is 256 g/mol. The van der Waals surface area contributed by atoms with Crippen molar-refractivity contribution >= 4 is 5.78 Å². The van der Waals surface area contributed by atoms with Crippen molar-refractivity contribution in [1.82, 2.24) is 0 Å². The zero-order valence-electron chi connectivity index (χ0n) is 11.1. The van der Waals surface area contributed by atoms with Crippen molar-refractivity contribution in [2.45, 2.75) is 6.92 Å². The molecule has 0 atom stereocenters. The van der Waals surface area contributed by atoms with Gasteiger partial charge in [-0.25, -0.2) is 0 Å². The van der Waals surface area contributed by atoms with Crippen LogP contribution in [0.5, 0.6) is 11.5 Å². The Labute approximate surface area is 112 Å². The minimum Gasteiger partial charge on any atom is -0.496 e. The lowest BCUT2D eigenvalue weighted by Crippen LogP contribution is -2.04. The summed E-state index contributed by atoms with van der Waals surface area (Å²) in [7, 11) is 1.56. The fourth-order valence-corrected chi connectivity index (χ4v) is 1.88. The van der Waals surface area contributed by atoms with Crippen molar-refractivity contribution in [2.24, 2.45) is 0 Å². The second-order valence-electron chi connectivity index (χ2n) is 3.99. The molecular formula is C16H16O3. The normalized spacial score (nSPS) is 10.0. The van der Waals surface area contributed by atoms with Crippen molar-refractivity contribution in [3.05, 3.63) is 59.7 Å². The third-order valence-corrected chi connectivity index (χ3v) is 2.76. The van der Waals surface area contributed by atoms with E-state index in [-0.39, 0.29) is 5.78 Å². The van der Waals surface area contributed by atoms with Gasteiger partial charge in [-0.1, -0.05) is 24.3 Å². The predicted molar refractivity (Wildman–Crippen MR) is 74.0 cm³/mol. The largest absolute Gasteiger partial charge is 0.496 e. The molecule has 2 rings (SSSR count).